The van der Waals surface area contributed by atoms with E-state index in [0.29, 0.717) is 6.54 Å². The highest BCUT2D eigenvalue weighted by Crippen LogP contribution is 2.10. The molecule has 1 rings (SSSR count). The van der Waals surface area contributed by atoms with E-state index >= 15 is 0 Å². The highest BCUT2D eigenvalue weighted by Gasteiger charge is 2.20. The lowest BCUT2D eigenvalue weighted by Gasteiger charge is -2.18. The van der Waals surface area contributed by atoms with Gasteiger partial charge < -0.3 is 10.1 Å². The van der Waals surface area contributed by atoms with Gasteiger partial charge in [0.05, 0.1) is 18.9 Å². The van der Waals surface area contributed by atoms with Crippen LogP contribution in [0.5, 0.6) is 0 Å². The van der Waals surface area contributed by atoms with Gasteiger partial charge in [0.15, 0.2) is 0 Å². The number of hydrogen-bond donors (Lipinski definition) is 1. The van der Waals surface area contributed by atoms with E-state index in [2.05, 4.69) is 11.9 Å². The average molecular weight is 276 g/mol. The van der Waals surface area contributed by atoms with Crippen LogP contribution < -0.4 is 5.32 Å². The molecular formula is C11H20N2O4S. The molecule has 1 heterocycles. The van der Waals surface area contributed by atoms with Crippen molar-refractivity contribution in [2.45, 2.75) is 18.9 Å². The minimum absolute atomic E-state index is 0.0556. The van der Waals surface area contributed by atoms with Crippen LogP contribution in [0.3, 0.4) is 0 Å². The molecule has 0 spiro atoms. The summed E-state index contributed by atoms with van der Waals surface area (Å²) < 4.78 is 29.2. The van der Waals surface area contributed by atoms with Crippen LogP contribution in [0.1, 0.15) is 12.8 Å². The molecule has 104 valence electrons. The number of nitrogens with zero attached hydrogens (tertiary/aromatic N) is 1. The molecule has 0 aromatic carbocycles. The number of rotatable bonds is 7. The fraction of sp³-hybridized carbons (Fsp3) is 0.727. The molecule has 1 unspecified atom stereocenters. The molecule has 1 N–H and O–H groups in total. The molecule has 1 fully saturated rings. The molecule has 1 saturated heterocycles. The third-order valence-electron chi connectivity index (χ3n) is 2.67. The van der Waals surface area contributed by atoms with Crippen LogP contribution in [-0.4, -0.2) is 57.2 Å². The van der Waals surface area contributed by atoms with Crippen molar-refractivity contribution in [2.24, 2.45) is 0 Å². The van der Waals surface area contributed by atoms with Gasteiger partial charge in [0.1, 0.15) is 0 Å². The largest absolute Gasteiger partial charge is 0.376 e. The minimum atomic E-state index is -3.39. The molecule has 6 nitrogen and oxygen atoms in total. The van der Waals surface area contributed by atoms with Gasteiger partial charge in [-0.3, -0.25) is 4.79 Å². The highest BCUT2D eigenvalue weighted by molar-refractivity contribution is 7.88. The molecule has 0 aromatic heterocycles. The highest BCUT2D eigenvalue weighted by atomic mass is 32.2. The van der Waals surface area contributed by atoms with E-state index in [-0.39, 0.29) is 25.1 Å². The first-order valence-electron chi connectivity index (χ1n) is 5.88. The topological polar surface area (TPSA) is 75.7 Å². The van der Waals surface area contributed by atoms with Gasteiger partial charge >= 0.3 is 0 Å². The Balaban J connectivity index is 2.38. The van der Waals surface area contributed by atoms with Gasteiger partial charge in [-0.1, -0.05) is 6.08 Å². The summed E-state index contributed by atoms with van der Waals surface area (Å²) in [6.45, 7) is 4.58. The summed E-state index contributed by atoms with van der Waals surface area (Å²) in [5.74, 6) is -0.322. The number of nitrogens with one attached hydrogen (secondary N) is 1. The molecule has 18 heavy (non-hydrogen) atoms. The molecule has 0 saturated carbocycles. The first-order chi connectivity index (χ1) is 8.43. The second-order valence-corrected chi connectivity index (χ2v) is 6.27. The summed E-state index contributed by atoms with van der Waals surface area (Å²) >= 11 is 0. The van der Waals surface area contributed by atoms with E-state index in [1.807, 2.05) is 0 Å². The van der Waals surface area contributed by atoms with Crippen molar-refractivity contribution >= 4 is 15.9 Å². The molecule has 1 atom stereocenters. The summed E-state index contributed by atoms with van der Waals surface area (Å²) in [4.78, 5) is 11.6. The van der Waals surface area contributed by atoms with Gasteiger partial charge in [-0.15, -0.1) is 6.58 Å². The lowest BCUT2D eigenvalue weighted by Crippen LogP contribution is -2.42. The van der Waals surface area contributed by atoms with Crippen molar-refractivity contribution in [1.29, 1.82) is 0 Å². The average Bonchev–Trinajstić information content (AvgIpc) is 2.77. The molecule has 1 amide bonds. The van der Waals surface area contributed by atoms with Crippen LogP contribution in [0.4, 0.5) is 0 Å². The predicted molar refractivity (Wildman–Crippen MR) is 68.6 cm³/mol. The summed E-state index contributed by atoms with van der Waals surface area (Å²) in [5.41, 5.74) is 0. The van der Waals surface area contributed by atoms with E-state index in [4.69, 9.17) is 4.74 Å². The molecule has 7 heteroatoms. The van der Waals surface area contributed by atoms with Crippen molar-refractivity contribution in [1.82, 2.24) is 9.62 Å². The number of ether oxygens (including phenoxy) is 1. The molecule has 0 aliphatic carbocycles. The zero-order chi connectivity index (χ0) is 13.6. The Morgan fingerprint density at radius 2 is 2.33 bits per heavy atom. The molecule has 1 aliphatic heterocycles. The maximum atomic E-state index is 11.6. The minimum Gasteiger partial charge on any atom is -0.376 e. The van der Waals surface area contributed by atoms with Crippen molar-refractivity contribution in [3.63, 3.8) is 0 Å². The van der Waals surface area contributed by atoms with Gasteiger partial charge in [0.2, 0.25) is 15.9 Å². The predicted octanol–water partition coefficient (Wildman–Crippen LogP) is -0.271. The molecule has 0 bridgehead atoms. The summed E-state index contributed by atoms with van der Waals surface area (Å²) in [6, 6.07) is 0. The Bertz CT molecular complexity index is 388. The molecule has 1 aliphatic rings. The quantitative estimate of drug-likeness (QED) is 0.649. The van der Waals surface area contributed by atoms with Crippen LogP contribution >= 0.6 is 0 Å². The van der Waals surface area contributed by atoms with Crippen LogP contribution in [0.15, 0.2) is 12.7 Å². The molecule has 0 radical (unpaired) electrons. The third kappa shape index (κ3) is 5.16. The maximum absolute atomic E-state index is 11.6. The zero-order valence-electron chi connectivity index (χ0n) is 10.6. The first-order valence-corrected chi connectivity index (χ1v) is 7.72. The van der Waals surface area contributed by atoms with Crippen molar-refractivity contribution in [2.75, 3.05) is 32.5 Å². The first kappa shape index (κ1) is 15.1. The van der Waals surface area contributed by atoms with Gasteiger partial charge in [0, 0.05) is 19.7 Å². The number of carbonyl (C=O) groups excluding carboxylic acids is 1. The van der Waals surface area contributed by atoms with Crippen molar-refractivity contribution in [3.05, 3.63) is 12.7 Å². The molecule has 0 aromatic rings. The van der Waals surface area contributed by atoms with Crippen LogP contribution in [-0.2, 0) is 19.6 Å². The third-order valence-corrected chi connectivity index (χ3v) is 3.89. The normalized spacial score (nSPS) is 20.0. The van der Waals surface area contributed by atoms with E-state index < -0.39 is 10.0 Å². The zero-order valence-corrected chi connectivity index (χ0v) is 11.4. The van der Waals surface area contributed by atoms with Crippen molar-refractivity contribution in [3.8, 4) is 0 Å². The standard InChI is InChI=1S/C11H20N2O4S/c1-3-6-13(18(2,15)16)9-11(14)12-8-10-5-4-7-17-10/h3,10H,1,4-9H2,2H3,(H,12,14). The van der Waals surface area contributed by atoms with Gasteiger partial charge in [-0.05, 0) is 12.8 Å². The SMILES string of the molecule is C=CCN(CC(=O)NCC1CCCO1)S(C)(=O)=O. The Morgan fingerprint density at radius 1 is 1.61 bits per heavy atom. The van der Waals surface area contributed by atoms with Gasteiger partial charge in [0.25, 0.3) is 0 Å². The van der Waals surface area contributed by atoms with Crippen LogP contribution in [0.25, 0.3) is 0 Å². The van der Waals surface area contributed by atoms with E-state index in [1.165, 1.54) is 6.08 Å². The number of hydrogen-bond acceptors (Lipinski definition) is 4. The number of carbonyl (C=O) groups is 1. The second kappa shape index (κ2) is 6.86. The Morgan fingerprint density at radius 3 is 2.83 bits per heavy atom. The number of amides is 1. The molecular weight excluding hydrogens is 256 g/mol. The Labute approximate surface area is 108 Å². The van der Waals surface area contributed by atoms with E-state index in [0.717, 1.165) is 30.0 Å². The van der Waals surface area contributed by atoms with Crippen LogP contribution in [0.2, 0.25) is 0 Å². The van der Waals surface area contributed by atoms with Crippen LogP contribution in [0, 0.1) is 0 Å². The van der Waals surface area contributed by atoms with E-state index in [9.17, 15) is 13.2 Å². The summed E-state index contributed by atoms with van der Waals surface area (Å²) in [7, 11) is -3.39. The van der Waals surface area contributed by atoms with E-state index in [1.54, 1.807) is 0 Å². The monoisotopic (exact) mass is 276 g/mol. The lowest BCUT2D eigenvalue weighted by molar-refractivity contribution is -0.121. The lowest BCUT2D eigenvalue weighted by atomic mass is 10.2. The Hall–Kier alpha value is -0.920. The smallest absolute Gasteiger partial charge is 0.235 e. The fourth-order valence-electron chi connectivity index (χ4n) is 1.71. The van der Waals surface area contributed by atoms with Gasteiger partial charge in [-0.25, -0.2) is 8.42 Å². The maximum Gasteiger partial charge on any atom is 0.235 e. The summed E-state index contributed by atoms with van der Waals surface area (Å²) in [5, 5.41) is 2.68. The fourth-order valence-corrected chi connectivity index (χ4v) is 2.44. The van der Waals surface area contributed by atoms with Crippen molar-refractivity contribution < 1.29 is 17.9 Å². The number of sulfonamides is 1. The second-order valence-electron chi connectivity index (χ2n) is 4.28. The Kier molecular flexibility index (Phi) is 5.77. The summed E-state index contributed by atoms with van der Waals surface area (Å²) in [6.07, 6.45) is 4.52. The van der Waals surface area contributed by atoms with Gasteiger partial charge in [-0.2, -0.15) is 4.31 Å².